The molecule has 2 aromatic carbocycles. The summed E-state index contributed by atoms with van der Waals surface area (Å²) in [5.41, 5.74) is 3.07. The van der Waals surface area contributed by atoms with Crippen molar-refractivity contribution in [2.75, 3.05) is 5.32 Å². The van der Waals surface area contributed by atoms with Gasteiger partial charge in [0, 0.05) is 11.3 Å². The van der Waals surface area contributed by atoms with E-state index in [1.54, 1.807) is 36.7 Å². The summed E-state index contributed by atoms with van der Waals surface area (Å²) >= 11 is 0. The van der Waals surface area contributed by atoms with Gasteiger partial charge in [0.15, 0.2) is 17.0 Å². The summed E-state index contributed by atoms with van der Waals surface area (Å²) in [5.74, 6) is 0.744. The van der Waals surface area contributed by atoms with E-state index in [2.05, 4.69) is 25.6 Å². The summed E-state index contributed by atoms with van der Waals surface area (Å²) in [6.45, 7) is 3.70. The van der Waals surface area contributed by atoms with Gasteiger partial charge in [0.25, 0.3) is 0 Å². The summed E-state index contributed by atoms with van der Waals surface area (Å²) in [6.07, 6.45) is -0.574. The van der Waals surface area contributed by atoms with Crippen molar-refractivity contribution in [1.29, 1.82) is 0 Å². The minimum atomic E-state index is -0.574. The van der Waals surface area contributed by atoms with E-state index in [1.165, 1.54) is 6.07 Å². The maximum atomic E-state index is 14.0. The highest BCUT2D eigenvalue weighted by Gasteiger charge is 2.15. The monoisotopic (exact) mass is 378 g/mol. The number of fused-ring (bicyclic) bond motifs is 1. The largest absolute Gasteiger partial charge is 0.389 e. The molecule has 0 aliphatic heterocycles. The molecule has 0 saturated heterocycles. The molecule has 1 atom stereocenters. The van der Waals surface area contributed by atoms with E-state index in [-0.39, 0.29) is 12.4 Å². The molecule has 4 aromatic rings. The van der Waals surface area contributed by atoms with Gasteiger partial charge in [-0.15, -0.1) is 5.10 Å². The Kier molecular flexibility index (Phi) is 4.70. The van der Waals surface area contributed by atoms with Crippen molar-refractivity contribution >= 4 is 22.7 Å². The number of aromatic nitrogens is 5. The van der Waals surface area contributed by atoms with Crippen LogP contribution in [0.1, 0.15) is 30.0 Å². The van der Waals surface area contributed by atoms with Gasteiger partial charge < -0.3 is 10.4 Å². The number of hydrogen-bond donors (Lipinski definition) is 2. The number of nitrogens with one attached hydrogen (secondary N) is 1. The van der Waals surface area contributed by atoms with Gasteiger partial charge in [-0.05, 0) is 37.6 Å². The number of benzene rings is 2. The molecule has 4 rings (SSSR count). The summed E-state index contributed by atoms with van der Waals surface area (Å²) in [5, 5.41) is 21.3. The zero-order valence-corrected chi connectivity index (χ0v) is 15.5. The lowest BCUT2D eigenvalue weighted by Gasteiger charge is -2.10. The Morgan fingerprint density at radius 3 is 2.75 bits per heavy atom. The molecule has 0 spiro atoms. The first-order chi connectivity index (χ1) is 13.5. The predicted octanol–water partition coefficient (Wildman–Crippen LogP) is 3.51. The topological polar surface area (TPSA) is 88.8 Å². The van der Waals surface area contributed by atoms with Crippen molar-refractivity contribution in [3.63, 3.8) is 0 Å². The molecule has 0 fully saturated rings. The third kappa shape index (κ3) is 3.54. The van der Waals surface area contributed by atoms with Crippen molar-refractivity contribution in [1.82, 2.24) is 25.0 Å². The zero-order valence-electron chi connectivity index (χ0n) is 15.5. The zero-order chi connectivity index (χ0) is 19.7. The van der Waals surface area contributed by atoms with E-state index in [4.69, 9.17) is 0 Å². The van der Waals surface area contributed by atoms with E-state index >= 15 is 0 Å². The maximum absolute atomic E-state index is 14.0. The standard InChI is InChI=1S/C20H19FN6O/c1-12(28)14-7-5-8-16(10-14)24-19-18-20(23-13(2)22-19)27(26-25-18)11-15-6-3-4-9-17(15)21/h3-10,12,28H,11H2,1-2H3,(H,22,23,24)/t12-/m0/s1. The Bertz CT molecular complexity index is 1140. The van der Waals surface area contributed by atoms with Gasteiger partial charge in [-0.1, -0.05) is 35.5 Å². The second-order valence-corrected chi connectivity index (χ2v) is 6.56. The molecule has 2 heterocycles. The number of rotatable bonds is 5. The Balaban J connectivity index is 1.71. The molecule has 0 bridgehead atoms. The molecule has 8 heteroatoms. The van der Waals surface area contributed by atoms with Crippen LogP contribution in [0.4, 0.5) is 15.9 Å². The average Bonchev–Trinajstić information content (AvgIpc) is 3.06. The van der Waals surface area contributed by atoms with Crippen LogP contribution >= 0.6 is 0 Å². The third-order valence-corrected chi connectivity index (χ3v) is 4.38. The van der Waals surface area contributed by atoms with E-state index < -0.39 is 6.10 Å². The molecule has 0 aliphatic carbocycles. The van der Waals surface area contributed by atoms with Crippen molar-refractivity contribution in [3.05, 3.63) is 71.3 Å². The Morgan fingerprint density at radius 1 is 1.14 bits per heavy atom. The molecular formula is C20H19FN6O. The number of halogens is 1. The molecule has 0 saturated carbocycles. The van der Waals surface area contributed by atoms with Gasteiger partial charge in [-0.3, -0.25) is 0 Å². The maximum Gasteiger partial charge on any atom is 0.184 e. The van der Waals surface area contributed by atoms with Crippen LogP contribution < -0.4 is 5.32 Å². The van der Waals surface area contributed by atoms with Gasteiger partial charge >= 0.3 is 0 Å². The molecule has 0 amide bonds. The van der Waals surface area contributed by atoms with E-state index in [1.807, 2.05) is 24.3 Å². The van der Waals surface area contributed by atoms with Gasteiger partial charge in [-0.25, -0.2) is 19.0 Å². The molecule has 0 radical (unpaired) electrons. The Labute approximate surface area is 160 Å². The van der Waals surface area contributed by atoms with Gasteiger partial charge in [0.2, 0.25) is 0 Å². The first-order valence-corrected chi connectivity index (χ1v) is 8.87. The summed E-state index contributed by atoms with van der Waals surface area (Å²) in [6, 6.07) is 14.0. The Hall–Kier alpha value is -3.39. The SMILES string of the molecule is Cc1nc(Nc2cccc([C@H](C)O)c2)c2nnn(Cc3ccccc3F)c2n1. The quantitative estimate of drug-likeness (QED) is 0.552. The smallest absolute Gasteiger partial charge is 0.184 e. The molecular weight excluding hydrogens is 359 g/mol. The molecule has 2 N–H and O–H groups in total. The van der Waals surface area contributed by atoms with Crippen LogP contribution in [-0.2, 0) is 6.54 Å². The van der Waals surface area contributed by atoms with Crippen molar-refractivity contribution in [2.24, 2.45) is 0 Å². The molecule has 0 unspecified atom stereocenters. The van der Waals surface area contributed by atoms with Crippen LogP contribution in [-0.4, -0.2) is 30.1 Å². The van der Waals surface area contributed by atoms with Crippen LogP contribution in [0.3, 0.4) is 0 Å². The molecule has 0 aliphatic rings. The predicted molar refractivity (Wildman–Crippen MR) is 104 cm³/mol. The minimum Gasteiger partial charge on any atom is -0.389 e. The van der Waals surface area contributed by atoms with Gasteiger partial charge in [0.05, 0.1) is 12.6 Å². The Morgan fingerprint density at radius 2 is 1.96 bits per heavy atom. The van der Waals surface area contributed by atoms with E-state index in [0.29, 0.717) is 28.4 Å². The number of nitrogens with zero attached hydrogens (tertiary/aromatic N) is 5. The highest BCUT2D eigenvalue weighted by molar-refractivity contribution is 5.84. The summed E-state index contributed by atoms with van der Waals surface area (Å²) in [7, 11) is 0. The second kappa shape index (κ2) is 7.32. The number of aryl methyl sites for hydroxylation is 1. The third-order valence-electron chi connectivity index (χ3n) is 4.38. The number of hydrogen-bond acceptors (Lipinski definition) is 6. The average molecular weight is 378 g/mol. The lowest BCUT2D eigenvalue weighted by atomic mass is 10.1. The van der Waals surface area contributed by atoms with Crippen LogP contribution in [0.5, 0.6) is 0 Å². The summed E-state index contributed by atoms with van der Waals surface area (Å²) in [4.78, 5) is 8.87. The summed E-state index contributed by atoms with van der Waals surface area (Å²) < 4.78 is 15.6. The molecule has 142 valence electrons. The second-order valence-electron chi connectivity index (χ2n) is 6.56. The van der Waals surface area contributed by atoms with Crippen molar-refractivity contribution in [3.8, 4) is 0 Å². The normalized spacial score (nSPS) is 12.3. The van der Waals surface area contributed by atoms with Crippen LogP contribution in [0.15, 0.2) is 48.5 Å². The van der Waals surface area contributed by atoms with Crippen molar-refractivity contribution < 1.29 is 9.50 Å². The van der Waals surface area contributed by atoms with Gasteiger partial charge in [-0.2, -0.15) is 0 Å². The number of aliphatic hydroxyl groups excluding tert-OH is 1. The highest BCUT2D eigenvalue weighted by Crippen LogP contribution is 2.24. The minimum absolute atomic E-state index is 0.219. The van der Waals surface area contributed by atoms with E-state index in [0.717, 1.165) is 11.3 Å². The molecule has 28 heavy (non-hydrogen) atoms. The molecule has 2 aromatic heterocycles. The van der Waals surface area contributed by atoms with E-state index in [9.17, 15) is 9.50 Å². The fourth-order valence-electron chi connectivity index (χ4n) is 2.96. The van der Waals surface area contributed by atoms with Crippen LogP contribution in [0.25, 0.3) is 11.2 Å². The number of aliphatic hydroxyl groups is 1. The lowest BCUT2D eigenvalue weighted by molar-refractivity contribution is 0.199. The first kappa shape index (κ1) is 18.0. The fourth-order valence-corrected chi connectivity index (χ4v) is 2.96. The number of anilines is 2. The van der Waals surface area contributed by atoms with Crippen LogP contribution in [0.2, 0.25) is 0 Å². The first-order valence-electron chi connectivity index (χ1n) is 8.87. The highest BCUT2D eigenvalue weighted by atomic mass is 19.1. The van der Waals surface area contributed by atoms with Gasteiger partial charge in [0.1, 0.15) is 11.6 Å². The van der Waals surface area contributed by atoms with Crippen LogP contribution in [0, 0.1) is 12.7 Å². The fraction of sp³-hybridized carbons (Fsp3) is 0.200. The lowest BCUT2D eigenvalue weighted by Crippen LogP contribution is -2.06. The molecule has 7 nitrogen and oxygen atoms in total. The van der Waals surface area contributed by atoms with Crippen molar-refractivity contribution in [2.45, 2.75) is 26.5 Å².